The number of aromatic amines is 1. The maximum Gasteiger partial charge on any atom is 0.298 e. The predicted octanol–water partition coefficient (Wildman–Crippen LogP) is 5.15. The molecular formula is C24H17ClN4O3. The average molecular weight is 445 g/mol. The minimum absolute atomic E-state index is 0.236. The summed E-state index contributed by atoms with van der Waals surface area (Å²) < 4.78 is 7.25. The summed E-state index contributed by atoms with van der Waals surface area (Å²) in [6.07, 6.45) is 3.25. The molecule has 3 heterocycles. The van der Waals surface area contributed by atoms with E-state index in [2.05, 4.69) is 15.5 Å². The number of furan rings is 1. The maximum atomic E-state index is 13.0. The Balaban J connectivity index is 1.40. The average Bonchev–Trinajstić information content (AvgIpc) is 3.55. The number of aromatic nitrogens is 3. The third-order valence-electron chi connectivity index (χ3n) is 5.11. The third kappa shape index (κ3) is 3.81. The van der Waals surface area contributed by atoms with E-state index in [1.54, 1.807) is 24.4 Å². The van der Waals surface area contributed by atoms with E-state index >= 15 is 0 Å². The van der Waals surface area contributed by atoms with Gasteiger partial charge in [0.25, 0.3) is 11.7 Å². The van der Waals surface area contributed by atoms with Crippen LogP contribution in [0.1, 0.15) is 15.9 Å². The molecule has 7 nitrogen and oxygen atoms in total. The first-order valence-corrected chi connectivity index (χ1v) is 10.2. The molecule has 158 valence electrons. The molecule has 3 aromatic heterocycles. The van der Waals surface area contributed by atoms with Gasteiger partial charge in [0.05, 0.1) is 11.8 Å². The monoisotopic (exact) mass is 444 g/mol. The summed E-state index contributed by atoms with van der Waals surface area (Å²) in [7, 11) is 0. The van der Waals surface area contributed by atoms with Gasteiger partial charge in [-0.15, -0.1) is 0 Å². The van der Waals surface area contributed by atoms with Crippen molar-refractivity contribution < 1.29 is 14.0 Å². The highest BCUT2D eigenvalue weighted by Gasteiger charge is 2.22. The van der Waals surface area contributed by atoms with Gasteiger partial charge >= 0.3 is 0 Å². The Morgan fingerprint density at radius 3 is 2.66 bits per heavy atom. The molecule has 0 aliphatic carbocycles. The highest BCUT2D eigenvalue weighted by Crippen LogP contribution is 2.24. The van der Waals surface area contributed by atoms with Crippen molar-refractivity contribution >= 4 is 40.0 Å². The van der Waals surface area contributed by atoms with Crippen molar-refractivity contribution in [1.82, 2.24) is 14.8 Å². The van der Waals surface area contributed by atoms with E-state index in [0.29, 0.717) is 34.0 Å². The summed E-state index contributed by atoms with van der Waals surface area (Å²) in [5.41, 5.74) is 2.81. The predicted molar refractivity (Wildman–Crippen MR) is 122 cm³/mol. The fraction of sp³-hybridized carbons (Fsp3) is 0.0417. The number of nitrogens with zero attached hydrogens (tertiary/aromatic N) is 2. The van der Waals surface area contributed by atoms with Gasteiger partial charge in [-0.25, -0.2) is 0 Å². The number of benzene rings is 2. The van der Waals surface area contributed by atoms with E-state index in [9.17, 15) is 9.59 Å². The molecule has 0 fully saturated rings. The van der Waals surface area contributed by atoms with Crippen molar-refractivity contribution in [2.75, 3.05) is 5.32 Å². The molecule has 0 aliphatic heterocycles. The fourth-order valence-corrected chi connectivity index (χ4v) is 3.71. The van der Waals surface area contributed by atoms with Crippen LogP contribution in [0.2, 0.25) is 5.02 Å². The molecule has 0 aliphatic rings. The van der Waals surface area contributed by atoms with Gasteiger partial charge in [-0.05, 0) is 35.9 Å². The molecule has 0 atom stereocenters. The van der Waals surface area contributed by atoms with E-state index in [-0.39, 0.29) is 5.82 Å². The van der Waals surface area contributed by atoms with Gasteiger partial charge < -0.3 is 14.3 Å². The minimum Gasteiger partial charge on any atom is -0.463 e. The number of para-hydroxylation sites is 1. The second-order valence-electron chi connectivity index (χ2n) is 7.24. The van der Waals surface area contributed by atoms with Crippen molar-refractivity contribution in [1.29, 1.82) is 0 Å². The number of nitrogens with one attached hydrogen (secondary N) is 2. The number of ketones is 1. The Labute approximate surface area is 187 Å². The lowest BCUT2D eigenvalue weighted by Gasteiger charge is -2.05. The van der Waals surface area contributed by atoms with Crippen LogP contribution in [-0.4, -0.2) is 26.5 Å². The van der Waals surface area contributed by atoms with Crippen molar-refractivity contribution in [3.8, 4) is 11.5 Å². The first kappa shape index (κ1) is 19.8. The number of carbonyl (C=O) groups excluding carboxylic acids is 2. The summed E-state index contributed by atoms with van der Waals surface area (Å²) in [5, 5.41) is 10.7. The molecule has 2 N–H and O–H groups in total. The fourth-order valence-electron chi connectivity index (χ4n) is 3.58. The van der Waals surface area contributed by atoms with Crippen LogP contribution in [0, 0.1) is 0 Å². The Bertz CT molecular complexity index is 1420. The van der Waals surface area contributed by atoms with Crippen LogP contribution >= 0.6 is 11.6 Å². The van der Waals surface area contributed by atoms with Gasteiger partial charge in [0.1, 0.15) is 5.69 Å². The number of carbonyl (C=O) groups is 2. The molecule has 2 aromatic carbocycles. The lowest BCUT2D eigenvalue weighted by atomic mass is 10.1. The first-order chi connectivity index (χ1) is 15.6. The largest absolute Gasteiger partial charge is 0.463 e. The van der Waals surface area contributed by atoms with Crippen molar-refractivity contribution in [3.05, 3.63) is 95.3 Å². The molecule has 8 heteroatoms. The van der Waals surface area contributed by atoms with E-state index in [0.717, 1.165) is 11.1 Å². The van der Waals surface area contributed by atoms with Crippen LogP contribution in [-0.2, 0) is 11.3 Å². The number of Topliss-reactive ketones (excluding diaryl/α,β-unsaturated/α-hetero) is 1. The zero-order chi connectivity index (χ0) is 22.1. The second kappa shape index (κ2) is 8.20. The first-order valence-electron chi connectivity index (χ1n) is 9.86. The van der Waals surface area contributed by atoms with E-state index in [1.807, 2.05) is 53.1 Å². The quantitative estimate of drug-likeness (QED) is 0.280. The summed E-state index contributed by atoms with van der Waals surface area (Å²) in [6.45, 7) is 0.540. The third-order valence-corrected chi connectivity index (χ3v) is 5.36. The zero-order valence-electron chi connectivity index (χ0n) is 16.7. The van der Waals surface area contributed by atoms with Gasteiger partial charge in [0.2, 0.25) is 0 Å². The number of anilines is 1. The van der Waals surface area contributed by atoms with Crippen LogP contribution < -0.4 is 5.32 Å². The van der Waals surface area contributed by atoms with Crippen LogP contribution in [0.3, 0.4) is 0 Å². The van der Waals surface area contributed by atoms with E-state index in [4.69, 9.17) is 16.0 Å². The molecular weight excluding hydrogens is 428 g/mol. The van der Waals surface area contributed by atoms with Gasteiger partial charge in [0.15, 0.2) is 11.6 Å². The van der Waals surface area contributed by atoms with Gasteiger partial charge in [-0.2, -0.15) is 5.10 Å². The van der Waals surface area contributed by atoms with Crippen molar-refractivity contribution in [2.24, 2.45) is 0 Å². The summed E-state index contributed by atoms with van der Waals surface area (Å²) in [6, 6.07) is 20.1. The van der Waals surface area contributed by atoms with E-state index < -0.39 is 11.7 Å². The molecule has 0 saturated carbocycles. The van der Waals surface area contributed by atoms with Crippen LogP contribution in [0.5, 0.6) is 0 Å². The summed E-state index contributed by atoms with van der Waals surface area (Å²) in [5.74, 6) is -0.593. The number of rotatable bonds is 6. The molecule has 0 bridgehead atoms. The summed E-state index contributed by atoms with van der Waals surface area (Å²) >= 11 is 5.98. The molecule has 1 amide bonds. The second-order valence-corrected chi connectivity index (χ2v) is 7.68. The molecule has 5 aromatic rings. The number of H-pyrrole nitrogens is 1. The van der Waals surface area contributed by atoms with Gasteiger partial charge in [-0.1, -0.05) is 41.9 Å². The lowest BCUT2D eigenvalue weighted by Crippen LogP contribution is -2.23. The number of hydrogen-bond donors (Lipinski definition) is 2. The molecule has 0 saturated heterocycles. The number of halogens is 1. The van der Waals surface area contributed by atoms with Crippen molar-refractivity contribution in [2.45, 2.75) is 6.54 Å². The molecule has 5 rings (SSSR count). The van der Waals surface area contributed by atoms with Crippen LogP contribution in [0.15, 0.2) is 83.6 Å². The summed E-state index contributed by atoms with van der Waals surface area (Å²) in [4.78, 5) is 25.7. The standard InChI is InChI=1S/C24H17ClN4O3/c25-16-9-7-15(8-10-16)13-29-14-18(17-4-1-2-5-20(17)29)23(30)24(31)26-22-12-19(27-28-22)21-6-3-11-32-21/h1-12,14H,13H2,(H2,26,27,28,31). The van der Waals surface area contributed by atoms with Crippen molar-refractivity contribution in [3.63, 3.8) is 0 Å². The highest BCUT2D eigenvalue weighted by molar-refractivity contribution is 6.48. The van der Waals surface area contributed by atoms with Crippen LogP contribution in [0.25, 0.3) is 22.4 Å². The molecule has 0 radical (unpaired) electrons. The molecule has 0 unspecified atom stereocenters. The Kier molecular flexibility index (Phi) is 5.09. The topological polar surface area (TPSA) is 92.9 Å². The maximum absolute atomic E-state index is 13.0. The number of amides is 1. The normalized spacial score (nSPS) is 11.0. The SMILES string of the molecule is O=C(Nc1cc(-c2ccco2)[nH]n1)C(=O)c1cn(Cc2ccc(Cl)cc2)c2ccccc12. The Morgan fingerprint density at radius 1 is 1.06 bits per heavy atom. The zero-order valence-corrected chi connectivity index (χ0v) is 17.5. The van der Waals surface area contributed by atoms with Crippen LogP contribution in [0.4, 0.5) is 5.82 Å². The van der Waals surface area contributed by atoms with Gasteiger partial charge in [0, 0.05) is 34.7 Å². The number of fused-ring (bicyclic) bond motifs is 1. The minimum atomic E-state index is -0.767. The smallest absolute Gasteiger partial charge is 0.298 e. The Hall–Kier alpha value is -4.10. The Morgan fingerprint density at radius 2 is 1.88 bits per heavy atom. The number of hydrogen-bond acceptors (Lipinski definition) is 4. The molecule has 32 heavy (non-hydrogen) atoms. The van der Waals surface area contributed by atoms with E-state index in [1.165, 1.54) is 6.26 Å². The lowest BCUT2D eigenvalue weighted by molar-refractivity contribution is -0.112. The molecule has 0 spiro atoms. The van der Waals surface area contributed by atoms with Gasteiger partial charge in [-0.3, -0.25) is 14.7 Å². The highest BCUT2D eigenvalue weighted by atomic mass is 35.5.